The normalized spacial score (nSPS) is 21.1. The highest BCUT2D eigenvalue weighted by Gasteiger charge is 2.34. The summed E-state index contributed by atoms with van der Waals surface area (Å²) in [5.41, 5.74) is 3.68. The molecule has 1 aliphatic carbocycles. The van der Waals surface area contributed by atoms with Crippen LogP contribution in [0.3, 0.4) is 0 Å². The van der Waals surface area contributed by atoms with Crippen molar-refractivity contribution in [2.24, 2.45) is 0 Å². The number of carboxylic acids is 1. The first kappa shape index (κ1) is 20.4. The average Bonchev–Trinajstić information content (AvgIpc) is 3.06. The smallest absolute Gasteiger partial charge is 0.335 e. The third-order valence-electron chi connectivity index (χ3n) is 5.70. The first-order chi connectivity index (χ1) is 14.5. The van der Waals surface area contributed by atoms with E-state index < -0.39 is 18.2 Å². The minimum Gasteiger partial charge on any atom is -0.486 e. The Morgan fingerprint density at radius 1 is 1.03 bits per heavy atom. The molecule has 0 spiro atoms. The van der Waals surface area contributed by atoms with Crippen molar-refractivity contribution >= 4 is 17.6 Å². The molecule has 4 rings (SSSR count). The Morgan fingerprint density at radius 2 is 1.77 bits per heavy atom. The number of aryl methyl sites for hydroxylation is 2. The predicted octanol–water partition coefficient (Wildman–Crippen LogP) is 2.33. The number of aliphatic hydroxyl groups is 1. The molecule has 0 aromatic heterocycles. The third-order valence-corrected chi connectivity index (χ3v) is 5.70. The van der Waals surface area contributed by atoms with Crippen molar-refractivity contribution in [3.8, 4) is 5.75 Å². The maximum atomic E-state index is 12.5. The Kier molecular flexibility index (Phi) is 6.01. The van der Waals surface area contributed by atoms with Gasteiger partial charge in [0.25, 0.3) is 0 Å². The number of carboxylic acid groups (broad SMARTS) is 1. The van der Waals surface area contributed by atoms with Crippen LogP contribution in [-0.2, 0) is 17.6 Å². The number of carbonyl (C=O) groups excluding carboxylic acids is 1. The SMILES string of the molecule is O=C(CN1C[C@@H](O)[C@H](Oc2ccc(C(=O)O)cc2)C1)Nc1ccc2c(c1)CCCC2. The van der Waals surface area contributed by atoms with Crippen LogP contribution in [0.4, 0.5) is 5.69 Å². The zero-order chi connectivity index (χ0) is 21.1. The van der Waals surface area contributed by atoms with Crippen molar-refractivity contribution in [2.75, 3.05) is 25.0 Å². The highest BCUT2D eigenvalue weighted by Crippen LogP contribution is 2.24. The first-order valence-electron chi connectivity index (χ1n) is 10.3. The van der Waals surface area contributed by atoms with Crippen molar-refractivity contribution in [1.82, 2.24) is 4.90 Å². The summed E-state index contributed by atoms with van der Waals surface area (Å²) in [4.78, 5) is 25.3. The van der Waals surface area contributed by atoms with Gasteiger partial charge in [-0.15, -0.1) is 0 Å². The maximum absolute atomic E-state index is 12.5. The Hall–Kier alpha value is -2.90. The molecule has 0 saturated carbocycles. The van der Waals surface area contributed by atoms with E-state index in [2.05, 4.69) is 17.4 Å². The number of ether oxygens (including phenoxy) is 1. The molecule has 3 N–H and O–H groups in total. The number of anilines is 1. The number of amides is 1. The first-order valence-corrected chi connectivity index (χ1v) is 10.3. The number of benzene rings is 2. The van der Waals surface area contributed by atoms with Gasteiger partial charge in [0, 0.05) is 18.8 Å². The summed E-state index contributed by atoms with van der Waals surface area (Å²) >= 11 is 0. The van der Waals surface area contributed by atoms with Gasteiger partial charge in [0.15, 0.2) is 0 Å². The highest BCUT2D eigenvalue weighted by atomic mass is 16.5. The standard InChI is InChI=1S/C23H26N2O5/c26-20-12-25(13-21(20)30-19-9-6-16(7-10-19)23(28)29)14-22(27)24-18-8-5-15-3-1-2-4-17(15)11-18/h5-11,20-21,26H,1-4,12-14H2,(H,24,27)(H,28,29)/t20-,21-/m1/s1. The monoisotopic (exact) mass is 410 g/mol. The Morgan fingerprint density at radius 3 is 2.50 bits per heavy atom. The van der Waals surface area contributed by atoms with Gasteiger partial charge in [-0.25, -0.2) is 4.79 Å². The van der Waals surface area contributed by atoms with Crippen LogP contribution in [0.2, 0.25) is 0 Å². The fourth-order valence-corrected chi connectivity index (χ4v) is 4.14. The number of β-amino-alcohol motifs (C(OH)–C–C–N with tert-alkyl or cyclic N) is 1. The fourth-order valence-electron chi connectivity index (χ4n) is 4.14. The zero-order valence-electron chi connectivity index (χ0n) is 16.7. The van der Waals surface area contributed by atoms with Gasteiger partial charge in [0.05, 0.1) is 12.1 Å². The van der Waals surface area contributed by atoms with E-state index in [1.54, 1.807) is 12.1 Å². The number of likely N-dealkylation sites (tertiary alicyclic amines) is 1. The lowest BCUT2D eigenvalue weighted by molar-refractivity contribution is -0.117. The number of fused-ring (bicyclic) bond motifs is 1. The van der Waals surface area contributed by atoms with Crippen LogP contribution in [-0.4, -0.2) is 58.8 Å². The lowest BCUT2D eigenvalue weighted by atomic mass is 9.91. The molecule has 7 heteroatoms. The van der Waals surface area contributed by atoms with E-state index >= 15 is 0 Å². The third kappa shape index (κ3) is 4.80. The molecule has 2 aromatic carbocycles. The topological polar surface area (TPSA) is 99.1 Å². The van der Waals surface area contributed by atoms with Gasteiger partial charge in [0.2, 0.25) is 5.91 Å². The molecule has 158 valence electrons. The van der Waals surface area contributed by atoms with Crippen molar-refractivity contribution in [3.05, 3.63) is 59.2 Å². The molecular formula is C23H26N2O5. The molecule has 0 bridgehead atoms. The van der Waals surface area contributed by atoms with E-state index in [-0.39, 0.29) is 18.0 Å². The number of nitrogens with zero attached hydrogens (tertiary/aromatic N) is 1. The number of aliphatic hydroxyl groups excluding tert-OH is 1. The summed E-state index contributed by atoms with van der Waals surface area (Å²) in [6, 6.07) is 12.2. The molecule has 30 heavy (non-hydrogen) atoms. The number of hydrogen-bond donors (Lipinski definition) is 3. The molecule has 1 aliphatic heterocycles. The second kappa shape index (κ2) is 8.85. The minimum absolute atomic E-state index is 0.121. The molecule has 1 saturated heterocycles. The predicted molar refractivity (Wildman–Crippen MR) is 112 cm³/mol. The number of nitrogens with one attached hydrogen (secondary N) is 1. The number of carbonyl (C=O) groups is 2. The molecule has 1 amide bonds. The van der Waals surface area contributed by atoms with Gasteiger partial charge in [-0.1, -0.05) is 6.07 Å². The molecule has 0 unspecified atom stereocenters. The van der Waals surface area contributed by atoms with Crippen molar-refractivity contribution in [3.63, 3.8) is 0 Å². The molecule has 0 radical (unpaired) electrons. The second-order valence-corrected chi connectivity index (χ2v) is 7.99. The van der Waals surface area contributed by atoms with E-state index in [4.69, 9.17) is 9.84 Å². The van der Waals surface area contributed by atoms with E-state index in [0.717, 1.165) is 18.5 Å². The lowest BCUT2D eigenvalue weighted by Crippen LogP contribution is -2.33. The second-order valence-electron chi connectivity index (χ2n) is 7.99. The van der Waals surface area contributed by atoms with Crippen LogP contribution >= 0.6 is 0 Å². The van der Waals surface area contributed by atoms with Gasteiger partial charge in [0.1, 0.15) is 18.0 Å². The molecule has 7 nitrogen and oxygen atoms in total. The van der Waals surface area contributed by atoms with Crippen LogP contribution in [0, 0.1) is 0 Å². The summed E-state index contributed by atoms with van der Waals surface area (Å²) in [6.45, 7) is 0.931. The number of rotatable bonds is 6. The molecule has 1 heterocycles. The maximum Gasteiger partial charge on any atom is 0.335 e. The largest absolute Gasteiger partial charge is 0.486 e. The van der Waals surface area contributed by atoms with E-state index in [1.165, 1.54) is 36.1 Å². The molecular weight excluding hydrogens is 384 g/mol. The van der Waals surface area contributed by atoms with E-state index in [0.29, 0.717) is 18.8 Å². The molecule has 2 aromatic rings. The lowest BCUT2D eigenvalue weighted by Gasteiger charge is -2.18. The van der Waals surface area contributed by atoms with E-state index in [9.17, 15) is 14.7 Å². The van der Waals surface area contributed by atoms with Crippen LogP contribution in [0.25, 0.3) is 0 Å². The van der Waals surface area contributed by atoms with Gasteiger partial charge in [-0.05, 0) is 73.2 Å². The van der Waals surface area contributed by atoms with Crippen LogP contribution in [0.15, 0.2) is 42.5 Å². The summed E-state index contributed by atoms with van der Waals surface area (Å²) < 4.78 is 5.80. The van der Waals surface area contributed by atoms with Crippen molar-refractivity contribution < 1.29 is 24.5 Å². The summed E-state index contributed by atoms with van der Waals surface area (Å²) in [6.07, 6.45) is 3.39. The van der Waals surface area contributed by atoms with Crippen LogP contribution in [0.1, 0.15) is 34.3 Å². The highest BCUT2D eigenvalue weighted by molar-refractivity contribution is 5.92. The summed E-state index contributed by atoms with van der Waals surface area (Å²) in [5, 5.41) is 22.2. The molecule has 2 aliphatic rings. The summed E-state index contributed by atoms with van der Waals surface area (Å²) in [7, 11) is 0. The van der Waals surface area contributed by atoms with Crippen LogP contribution in [0.5, 0.6) is 5.75 Å². The van der Waals surface area contributed by atoms with Gasteiger partial charge >= 0.3 is 5.97 Å². The van der Waals surface area contributed by atoms with Gasteiger partial charge < -0.3 is 20.3 Å². The van der Waals surface area contributed by atoms with Crippen LogP contribution < -0.4 is 10.1 Å². The Labute approximate surface area is 175 Å². The van der Waals surface area contributed by atoms with E-state index in [1.807, 2.05) is 11.0 Å². The Balaban J connectivity index is 1.30. The minimum atomic E-state index is -1.00. The van der Waals surface area contributed by atoms with Crippen molar-refractivity contribution in [2.45, 2.75) is 37.9 Å². The molecule has 1 fully saturated rings. The quantitative estimate of drug-likeness (QED) is 0.676. The fraction of sp³-hybridized carbons (Fsp3) is 0.391. The van der Waals surface area contributed by atoms with Gasteiger partial charge in [-0.2, -0.15) is 0 Å². The number of aromatic carboxylic acids is 1. The summed E-state index contributed by atoms with van der Waals surface area (Å²) in [5.74, 6) is -0.632. The van der Waals surface area contributed by atoms with Gasteiger partial charge in [-0.3, -0.25) is 9.69 Å². The van der Waals surface area contributed by atoms with Crippen molar-refractivity contribution in [1.29, 1.82) is 0 Å². The Bertz CT molecular complexity index is 928. The zero-order valence-corrected chi connectivity index (χ0v) is 16.7. The number of hydrogen-bond acceptors (Lipinski definition) is 5. The molecule has 2 atom stereocenters. The average molecular weight is 410 g/mol.